The molecule has 0 spiro atoms. The average Bonchev–Trinajstić information content (AvgIpc) is 2.87. The van der Waals surface area contributed by atoms with Gasteiger partial charge in [0.25, 0.3) is 0 Å². The number of nitrogens with one attached hydrogen (secondary N) is 1. The third-order valence-corrected chi connectivity index (χ3v) is 4.74. The summed E-state index contributed by atoms with van der Waals surface area (Å²) in [6.45, 7) is 9.75. The van der Waals surface area contributed by atoms with Crippen molar-refractivity contribution in [2.45, 2.75) is 64.3 Å². The third kappa shape index (κ3) is 3.36. The molecular weight excluding hydrogens is 308 g/mol. The number of aliphatic hydroxyl groups excluding tert-OH is 1. The van der Waals surface area contributed by atoms with E-state index >= 15 is 0 Å². The van der Waals surface area contributed by atoms with Gasteiger partial charge in [0.1, 0.15) is 17.5 Å². The van der Waals surface area contributed by atoms with Gasteiger partial charge >= 0.3 is 6.09 Å². The van der Waals surface area contributed by atoms with E-state index in [1.54, 1.807) is 11.2 Å². The Labute approximate surface area is 143 Å². The highest BCUT2D eigenvalue weighted by molar-refractivity contribution is 5.68. The van der Waals surface area contributed by atoms with Crippen LogP contribution < -0.4 is 5.32 Å². The number of fused-ring (bicyclic) bond motifs is 1. The molecule has 1 unspecified atom stereocenters. The second kappa shape index (κ2) is 6.27. The van der Waals surface area contributed by atoms with Crippen molar-refractivity contribution in [2.24, 2.45) is 4.99 Å². The summed E-state index contributed by atoms with van der Waals surface area (Å²) in [5.41, 5.74) is 0.707. The van der Waals surface area contributed by atoms with Gasteiger partial charge in [0.05, 0.1) is 12.4 Å². The van der Waals surface area contributed by atoms with Crippen molar-refractivity contribution in [3.05, 3.63) is 11.4 Å². The van der Waals surface area contributed by atoms with Gasteiger partial charge in [-0.2, -0.15) is 0 Å². The summed E-state index contributed by atoms with van der Waals surface area (Å²) >= 11 is 0. The fourth-order valence-corrected chi connectivity index (χ4v) is 3.61. The Morgan fingerprint density at radius 3 is 2.83 bits per heavy atom. The summed E-state index contributed by atoms with van der Waals surface area (Å²) in [5.74, 6) is 1.06. The van der Waals surface area contributed by atoms with Crippen molar-refractivity contribution in [1.29, 1.82) is 0 Å². The molecule has 2 heterocycles. The molecule has 0 aromatic carbocycles. The van der Waals surface area contributed by atoms with Gasteiger partial charge < -0.3 is 25.0 Å². The first-order valence-electron chi connectivity index (χ1n) is 8.70. The molecule has 1 amide bonds. The summed E-state index contributed by atoms with van der Waals surface area (Å²) in [7, 11) is 0. The van der Waals surface area contributed by atoms with Crippen molar-refractivity contribution >= 4 is 12.4 Å². The first-order valence-corrected chi connectivity index (χ1v) is 8.70. The molecule has 2 aliphatic heterocycles. The Bertz CT molecular complexity index is 567. The quantitative estimate of drug-likeness (QED) is 0.755. The normalized spacial score (nSPS) is 30.3. The van der Waals surface area contributed by atoms with Gasteiger partial charge in [-0.05, 0) is 46.1 Å². The molecule has 1 saturated carbocycles. The van der Waals surface area contributed by atoms with Crippen LogP contribution in [0.5, 0.6) is 0 Å². The van der Waals surface area contributed by atoms with E-state index < -0.39 is 5.60 Å². The number of carbonyl (C=O) groups excluding carboxylic acids is 1. The summed E-state index contributed by atoms with van der Waals surface area (Å²) in [6, 6.07) is 0.0588. The van der Waals surface area contributed by atoms with Crippen LogP contribution in [0.3, 0.4) is 0 Å². The maximum absolute atomic E-state index is 12.3. The van der Waals surface area contributed by atoms with E-state index in [2.05, 4.69) is 22.1 Å². The zero-order chi connectivity index (χ0) is 17.5. The van der Waals surface area contributed by atoms with Gasteiger partial charge in [-0.25, -0.2) is 4.79 Å². The molecule has 0 aromatic heterocycles. The van der Waals surface area contributed by atoms with Crippen molar-refractivity contribution < 1.29 is 14.6 Å². The van der Waals surface area contributed by atoms with Crippen LogP contribution in [0, 0.1) is 0 Å². The van der Waals surface area contributed by atoms with E-state index in [4.69, 9.17) is 4.74 Å². The number of aliphatic hydroxyl groups is 1. The highest BCUT2D eigenvalue weighted by Crippen LogP contribution is 2.33. The van der Waals surface area contributed by atoms with Crippen LogP contribution in [-0.2, 0) is 4.74 Å². The molecular formula is C17H28N4O3. The van der Waals surface area contributed by atoms with E-state index in [0.29, 0.717) is 13.1 Å². The molecule has 0 bridgehead atoms. The molecule has 2 fully saturated rings. The van der Waals surface area contributed by atoms with Crippen LogP contribution in [-0.4, -0.2) is 70.8 Å². The number of hydrogen-bond acceptors (Lipinski definition) is 6. The Morgan fingerprint density at radius 2 is 2.17 bits per heavy atom. The van der Waals surface area contributed by atoms with Crippen LogP contribution in [0.15, 0.2) is 16.4 Å². The number of hydrogen-bond donors (Lipinski definition) is 2. The zero-order valence-corrected chi connectivity index (χ0v) is 15.0. The molecule has 0 aromatic rings. The first kappa shape index (κ1) is 17.1. The molecule has 1 aliphatic carbocycles. The lowest BCUT2D eigenvalue weighted by Gasteiger charge is -2.43. The van der Waals surface area contributed by atoms with Gasteiger partial charge in [0.2, 0.25) is 0 Å². The molecule has 7 nitrogen and oxygen atoms in total. The van der Waals surface area contributed by atoms with Crippen molar-refractivity contribution in [2.75, 3.05) is 19.6 Å². The lowest BCUT2D eigenvalue weighted by atomic mass is 10.1. The molecule has 24 heavy (non-hydrogen) atoms. The summed E-state index contributed by atoms with van der Waals surface area (Å²) in [6.07, 6.45) is 2.68. The second-order valence-corrected chi connectivity index (χ2v) is 7.82. The summed E-state index contributed by atoms with van der Waals surface area (Å²) in [4.78, 5) is 20.7. The Kier molecular flexibility index (Phi) is 4.46. The number of amides is 1. The van der Waals surface area contributed by atoms with E-state index in [1.807, 2.05) is 20.8 Å². The van der Waals surface area contributed by atoms with Gasteiger partial charge in [-0.3, -0.25) is 4.99 Å². The monoisotopic (exact) mass is 336 g/mol. The molecule has 134 valence electrons. The predicted molar refractivity (Wildman–Crippen MR) is 91.7 cm³/mol. The van der Waals surface area contributed by atoms with Crippen LogP contribution in [0.1, 0.15) is 40.5 Å². The maximum atomic E-state index is 12.3. The van der Waals surface area contributed by atoms with Crippen LogP contribution in [0.4, 0.5) is 4.79 Å². The summed E-state index contributed by atoms with van der Waals surface area (Å²) < 4.78 is 5.48. The smallest absolute Gasteiger partial charge is 0.410 e. The van der Waals surface area contributed by atoms with Gasteiger partial charge in [0, 0.05) is 25.7 Å². The van der Waals surface area contributed by atoms with Crippen molar-refractivity contribution in [1.82, 2.24) is 15.1 Å². The van der Waals surface area contributed by atoms with E-state index in [9.17, 15) is 9.90 Å². The molecule has 7 heteroatoms. The third-order valence-electron chi connectivity index (χ3n) is 4.74. The Hall–Kier alpha value is -1.76. The fourth-order valence-electron chi connectivity index (χ4n) is 3.61. The molecule has 2 N–H and O–H groups in total. The number of carbonyl (C=O) groups is 1. The molecule has 1 saturated heterocycles. The standard InChI is InChI=1S/C17H28N4O3/c1-11-9-20(16(23)24-17(2,3)4)7-8-21(11)15-12-5-6-13(22)14(12)18-10-19-15/h10-11,13-14,22H,5-9H2,1-4H3,(H,18,19)/t11-,13+,14?/m0/s1. The Morgan fingerprint density at radius 1 is 1.42 bits per heavy atom. The number of nitrogens with zero attached hydrogens (tertiary/aromatic N) is 3. The number of piperazine rings is 1. The highest BCUT2D eigenvalue weighted by Gasteiger charge is 2.38. The van der Waals surface area contributed by atoms with Crippen LogP contribution in [0.2, 0.25) is 0 Å². The average molecular weight is 336 g/mol. The lowest BCUT2D eigenvalue weighted by Crippen LogP contribution is -2.56. The van der Waals surface area contributed by atoms with Gasteiger partial charge in [-0.15, -0.1) is 0 Å². The topological polar surface area (TPSA) is 77.4 Å². The first-order chi connectivity index (χ1) is 11.3. The zero-order valence-electron chi connectivity index (χ0n) is 15.0. The largest absolute Gasteiger partial charge is 0.444 e. The molecule has 3 aliphatic rings. The molecule has 3 rings (SSSR count). The lowest BCUT2D eigenvalue weighted by molar-refractivity contribution is 0.00942. The SMILES string of the molecule is C[C@H]1CN(C(=O)OC(C)(C)C)CCN1C1=C2CC[C@@H](O)C2N=CN1. The van der Waals surface area contributed by atoms with Gasteiger partial charge in [0.15, 0.2) is 0 Å². The maximum Gasteiger partial charge on any atom is 0.410 e. The predicted octanol–water partition coefficient (Wildman–Crippen LogP) is 1.29. The van der Waals surface area contributed by atoms with E-state index in [-0.39, 0.29) is 24.3 Å². The minimum atomic E-state index is -0.476. The minimum absolute atomic E-state index is 0.114. The van der Waals surface area contributed by atoms with E-state index in [0.717, 1.165) is 25.2 Å². The number of aliphatic imine (C=N–C) groups is 1. The number of ether oxygens (including phenoxy) is 1. The van der Waals surface area contributed by atoms with Crippen LogP contribution in [0.25, 0.3) is 0 Å². The highest BCUT2D eigenvalue weighted by atomic mass is 16.6. The van der Waals surface area contributed by atoms with Gasteiger partial charge in [-0.1, -0.05) is 0 Å². The number of rotatable bonds is 1. The van der Waals surface area contributed by atoms with E-state index in [1.165, 1.54) is 5.57 Å². The molecule has 0 radical (unpaired) electrons. The summed E-state index contributed by atoms with van der Waals surface area (Å²) in [5, 5.41) is 13.3. The van der Waals surface area contributed by atoms with Crippen molar-refractivity contribution in [3.8, 4) is 0 Å². The molecule has 3 atom stereocenters. The Balaban J connectivity index is 1.68. The minimum Gasteiger partial charge on any atom is -0.444 e. The van der Waals surface area contributed by atoms with Crippen molar-refractivity contribution in [3.63, 3.8) is 0 Å². The van der Waals surface area contributed by atoms with Crippen LogP contribution >= 0.6 is 0 Å². The fraction of sp³-hybridized carbons (Fsp3) is 0.765. The second-order valence-electron chi connectivity index (χ2n) is 7.82.